The van der Waals surface area contributed by atoms with E-state index in [2.05, 4.69) is 0 Å². The average Bonchev–Trinajstić information content (AvgIpc) is 1.97. The lowest BCUT2D eigenvalue weighted by atomic mass is 10.1. The highest BCUT2D eigenvalue weighted by atomic mass is 16.6. The molecule has 0 atom stereocenters. The van der Waals surface area contributed by atoms with Crippen LogP contribution in [0, 0.1) is 17.0 Å². The van der Waals surface area contributed by atoms with Crippen LogP contribution in [-0.4, -0.2) is 4.92 Å². The van der Waals surface area contributed by atoms with Crippen molar-refractivity contribution in [3.63, 3.8) is 0 Å². The lowest BCUT2D eigenvalue weighted by Crippen LogP contribution is -2.00. The van der Waals surface area contributed by atoms with Crippen LogP contribution >= 0.6 is 0 Å². The van der Waals surface area contributed by atoms with E-state index in [1.807, 2.05) is 0 Å². The molecule has 4 N–H and O–H groups in total. The molecule has 0 saturated carbocycles. The van der Waals surface area contributed by atoms with Crippen LogP contribution in [0.4, 0.5) is 17.1 Å². The molecule has 1 aromatic carbocycles. The van der Waals surface area contributed by atoms with E-state index >= 15 is 0 Å². The Bertz CT molecular complexity index is 336. The van der Waals surface area contributed by atoms with Gasteiger partial charge in [-0.15, -0.1) is 0 Å². The zero-order chi connectivity index (χ0) is 9.30. The van der Waals surface area contributed by atoms with Gasteiger partial charge in [0.25, 0.3) is 5.69 Å². The Balaban J connectivity index is 3.43. The lowest BCUT2D eigenvalue weighted by Gasteiger charge is -2.02. The molecule has 0 aromatic heterocycles. The van der Waals surface area contributed by atoms with E-state index < -0.39 is 4.92 Å². The molecule has 1 rings (SSSR count). The monoisotopic (exact) mass is 167 g/mol. The molecule has 0 aliphatic carbocycles. The Morgan fingerprint density at radius 1 is 1.33 bits per heavy atom. The maximum atomic E-state index is 10.5. The number of hydrogen-bond donors (Lipinski definition) is 2. The van der Waals surface area contributed by atoms with Crippen molar-refractivity contribution in [1.82, 2.24) is 0 Å². The quantitative estimate of drug-likeness (QED) is 0.371. The Kier molecular flexibility index (Phi) is 1.86. The number of benzene rings is 1. The topological polar surface area (TPSA) is 95.2 Å². The van der Waals surface area contributed by atoms with E-state index in [0.29, 0.717) is 11.3 Å². The first kappa shape index (κ1) is 8.32. The van der Waals surface area contributed by atoms with E-state index in [0.717, 1.165) is 0 Å². The van der Waals surface area contributed by atoms with Crippen LogP contribution in [0.25, 0.3) is 0 Å². The molecule has 0 unspecified atom stereocenters. The summed E-state index contributed by atoms with van der Waals surface area (Å²) in [6, 6.07) is 2.98. The van der Waals surface area contributed by atoms with Gasteiger partial charge < -0.3 is 11.5 Å². The van der Waals surface area contributed by atoms with Crippen molar-refractivity contribution in [3.8, 4) is 0 Å². The lowest BCUT2D eigenvalue weighted by molar-refractivity contribution is -0.384. The standard InChI is InChI=1S/C7H9N3O2/c1-4-5(8)2-3-6(9)7(4)10(11)12/h2-3H,8-9H2,1H3. The van der Waals surface area contributed by atoms with Crippen LogP contribution in [0.3, 0.4) is 0 Å². The van der Waals surface area contributed by atoms with Gasteiger partial charge in [0.2, 0.25) is 0 Å². The third-order valence-electron chi connectivity index (χ3n) is 1.69. The first-order chi connectivity index (χ1) is 5.54. The van der Waals surface area contributed by atoms with Gasteiger partial charge in [0, 0.05) is 5.69 Å². The molecule has 0 aliphatic rings. The van der Waals surface area contributed by atoms with E-state index in [1.165, 1.54) is 6.07 Å². The second-order valence-electron chi connectivity index (χ2n) is 2.47. The zero-order valence-corrected chi connectivity index (χ0v) is 6.57. The van der Waals surface area contributed by atoms with Gasteiger partial charge in [-0.1, -0.05) is 0 Å². The van der Waals surface area contributed by atoms with Gasteiger partial charge in [0.1, 0.15) is 5.69 Å². The molecule has 0 spiro atoms. The molecule has 12 heavy (non-hydrogen) atoms. The molecule has 0 amide bonds. The summed E-state index contributed by atoms with van der Waals surface area (Å²) in [6.45, 7) is 1.57. The van der Waals surface area contributed by atoms with Crippen molar-refractivity contribution in [2.75, 3.05) is 11.5 Å². The highest BCUT2D eigenvalue weighted by molar-refractivity contribution is 5.69. The van der Waals surface area contributed by atoms with E-state index in [1.54, 1.807) is 13.0 Å². The molecule has 64 valence electrons. The molecule has 1 aromatic rings. The smallest absolute Gasteiger partial charge is 0.297 e. The Morgan fingerprint density at radius 2 is 1.83 bits per heavy atom. The van der Waals surface area contributed by atoms with Gasteiger partial charge >= 0.3 is 0 Å². The molecule has 5 nitrogen and oxygen atoms in total. The minimum absolute atomic E-state index is 0.102. The van der Waals surface area contributed by atoms with Crippen molar-refractivity contribution in [2.24, 2.45) is 0 Å². The molecule has 0 fully saturated rings. The SMILES string of the molecule is Cc1c(N)ccc(N)c1[N+](=O)[O-]. The van der Waals surface area contributed by atoms with Crippen LogP contribution in [0.15, 0.2) is 12.1 Å². The van der Waals surface area contributed by atoms with Crippen molar-refractivity contribution in [1.29, 1.82) is 0 Å². The summed E-state index contributed by atoms with van der Waals surface area (Å²) < 4.78 is 0. The summed E-state index contributed by atoms with van der Waals surface area (Å²) in [6.07, 6.45) is 0. The number of anilines is 2. The highest BCUT2D eigenvalue weighted by Gasteiger charge is 2.16. The van der Waals surface area contributed by atoms with Gasteiger partial charge in [-0.25, -0.2) is 0 Å². The highest BCUT2D eigenvalue weighted by Crippen LogP contribution is 2.29. The van der Waals surface area contributed by atoms with Gasteiger partial charge in [-0.3, -0.25) is 10.1 Å². The zero-order valence-electron chi connectivity index (χ0n) is 6.57. The van der Waals surface area contributed by atoms with Crippen molar-refractivity contribution < 1.29 is 4.92 Å². The minimum atomic E-state index is -0.527. The third-order valence-corrected chi connectivity index (χ3v) is 1.69. The minimum Gasteiger partial charge on any atom is -0.398 e. The number of nitro groups is 1. The van der Waals surface area contributed by atoms with Gasteiger partial charge in [0.05, 0.1) is 10.5 Å². The fourth-order valence-corrected chi connectivity index (χ4v) is 0.979. The summed E-state index contributed by atoms with van der Waals surface area (Å²) in [7, 11) is 0. The summed E-state index contributed by atoms with van der Waals surface area (Å²) in [5, 5.41) is 10.5. The van der Waals surface area contributed by atoms with Gasteiger partial charge in [0.15, 0.2) is 0 Å². The second-order valence-corrected chi connectivity index (χ2v) is 2.47. The summed E-state index contributed by atoms with van der Waals surface area (Å²) >= 11 is 0. The van der Waals surface area contributed by atoms with Crippen molar-refractivity contribution in [3.05, 3.63) is 27.8 Å². The summed E-state index contributed by atoms with van der Waals surface area (Å²) in [5.41, 5.74) is 11.7. The fourth-order valence-electron chi connectivity index (χ4n) is 0.979. The number of nitrogens with zero attached hydrogens (tertiary/aromatic N) is 1. The molecule has 0 heterocycles. The summed E-state index contributed by atoms with van der Waals surface area (Å²) in [4.78, 5) is 9.94. The number of nitrogens with two attached hydrogens (primary N) is 2. The van der Waals surface area contributed by atoms with Gasteiger partial charge in [-0.05, 0) is 19.1 Å². The van der Waals surface area contributed by atoms with Crippen LogP contribution in [0.5, 0.6) is 0 Å². The van der Waals surface area contributed by atoms with E-state index in [-0.39, 0.29) is 11.4 Å². The van der Waals surface area contributed by atoms with Crippen LogP contribution in [-0.2, 0) is 0 Å². The van der Waals surface area contributed by atoms with Crippen molar-refractivity contribution >= 4 is 17.1 Å². The van der Waals surface area contributed by atoms with Crippen LogP contribution in [0.1, 0.15) is 5.56 Å². The Hall–Kier alpha value is -1.78. The maximum Gasteiger partial charge on any atom is 0.297 e. The third kappa shape index (κ3) is 1.16. The Labute approximate surface area is 69.1 Å². The Morgan fingerprint density at radius 3 is 2.25 bits per heavy atom. The van der Waals surface area contributed by atoms with Crippen LogP contribution < -0.4 is 11.5 Å². The molecular formula is C7H9N3O2. The number of rotatable bonds is 1. The molecule has 5 heteroatoms. The fraction of sp³-hybridized carbons (Fsp3) is 0.143. The van der Waals surface area contributed by atoms with E-state index in [4.69, 9.17) is 11.5 Å². The van der Waals surface area contributed by atoms with Crippen LogP contribution in [0.2, 0.25) is 0 Å². The molecule has 0 radical (unpaired) electrons. The number of nitro benzene ring substituents is 1. The molecular weight excluding hydrogens is 158 g/mol. The summed E-state index contributed by atoms with van der Waals surface area (Å²) in [5.74, 6) is 0. The van der Waals surface area contributed by atoms with E-state index in [9.17, 15) is 10.1 Å². The first-order valence-electron chi connectivity index (χ1n) is 3.33. The predicted octanol–water partition coefficient (Wildman–Crippen LogP) is 1.07. The van der Waals surface area contributed by atoms with Gasteiger partial charge in [-0.2, -0.15) is 0 Å². The maximum absolute atomic E-state index is 10.5. The molecule has 0 aliphatic heterocycles. The molecule has 0 bridgehead atoms. The first-order valence-corrected chi connectivity index (χ1v) is 3.33. The second kappa shape index (κ2) is 2.69. The largest absolute Gasteiger partial charge is 0.398 e. The average molecular weight is 167 g/mol. The number of nitrogen functional groups attached to an aromatic ring is 2. The number of hydrogen-bond acceptors (Lipinski definition) is 4. The molecule has 0 saturated heterocycles. The predicted molar refractivity (Wildman–Crippen MR) is 46.7 cm³/mol. The van der Waals surface area contributed by atoms with Crippen molar-refractivity contribution in [2.45, 2.75) is 6.92 Å². The normalized spacial score (nSPS) is 9.75.